The number of piperazine rings is 1. The van der Waals surface area contributed by atoms with Crippen LogP contribution in [0.1, 0.15) is 47.9 Å². The van der Waals surface area contributed by atoms with Gasteiger partial charge in [-0.1, -0.05) is 6.92 Å². The number of aryl methyl sites for hydroxylation is 1. The number of aromatic nitrogens is 2. The van der Waals surface area contributed by atoms with Gasteiger partial charge in [0.25, 0.3) is 5.91 Å². The maximum Gasteiger partial charge on any atom is 0.274 e. The molecule has 7 nitrogen and oxygen atoms in total. The molecule has 3 rings (SSSR count). The van der Waals surface area contributed by atoms with Gasteiger partial charge in [-0.05, 0) is 45.6 Å². The van der Waals surface area contributed by atoms with Crippen LogP contribution < -0.4 is 0 Å². The molecule has 2 aliphatic heterocycles. The van der Waals surface area contributed by atoms with E-state index in [1.807, 2.05) is 11.8 Å². The molecule has 2 aliphatic rings. The highest BCUT2D eigenvalue weighted by Crippen LogP contribution is 2.28. The molecule has 0 aliphatic carbocycles. The summed E-state index contributed by atoms with van der Waals surface area (Å²) in [6, 6.07) is 0.515. The molecule has 3 heterocycles. The van der Waals surface area contributed by atoms with E-state index in [2.05, 4.69) is 34.0 Å². The van der Waals surface area contributed by atoms with E-state index in [9.17, 15) is 9.90 Å². The Morgan fingerprint density at radius 2 is 2.00 bits per heavy atom. The molecule has 0 radical (unpaired) electrons. The number of carbonyl (C=O) groups is 1. The number of hydrogen-bond donors (Lipinski definition) is 2. The Kier molecular flexibility index (Phi) is 6.89. The summed E-state index contributed by atoms with van der Waals surface area (Å²) in [6.07, 6.45) is 3.64. The summed E-state index contributed by atoms with van der Waals surface area (Å²) in [7, 11) is 2.18. The lowest BCUT2D eigenvalue weighted by atomic mass is 9.86. The summed E-state index contributed by atoms with van der Waals surface area (Å²) >= 11 is 0. The second-order valence-corrected chi connectivity index (χ2v) is 8.10. The number of aliphatic hydroxyl groups is 1. The van der Waals surface area contributed by atoms with Crippen LogP contribution in [0.5, 0.6) is 0 Å². The van der Waals surface area contributed by atoms with Gasteiger partial charge in [0.2, 0.25) is 0 Å². The van der Waals surface area contributed by atoms with Crippen LogP contribution in [-0.2, 0) is 6.42 Å². The van der Waals surface area contributed by atoms with Crippen LogP contribution in [0.2, 0.25) is 0 Å². The minimum absolute atomic E-state index is 0.0503. The number of piperidine rings is 1. The van der Waals surface area contributed by atoms with Gasteiger partial charge in [-0.2, -0.15) is 5.10 Å². The second kappa shape index (κ2) is 9.17. The minimum Gasteiger partial charge on any atom is -0.396 e. The molecule has 0 saturated carbocycles. The van der Waals surface area contributed by atoms with Crippen LogP contribution in [-0.4, -0.2) is 94.9 Å². The first kappa shape index (κ1) is 20.3. The SMILES string of the molecule is CCc1[nH]nc(C(=O)N2CC[C@H](N3CCN(C)CC3)[C@H](CCCO)C2)c1C. The minimum atomic E-state index is 0.0503. The summed E-state index contributed by atoms with van der Waals surface area (Å²) in [5.74, 6) is 0.470. The highest BCUT2D eigenvalue weighted by Gasteiger charge is 2.36. The van der Waals surface area contributed by atoms with Crippen LogP contribution in [0.25, 0.3) is 0 Å². The smallest absolute Gasteiger partial charge is 0.274 e. The second-order valence-electron chi connectivity index (χ2n) is 8.10. The van der Waals surface area contributed by atoms with E-state index in [4.69, 9.17) is 0 Å². The first-order valence-corrected chi connectivity index (χ1v) is 10.4. The summed E-state index contributed by atoms with van der Waals surface area (Å²) in [6.45, 7) is 10.3. The number of amides is 1. The van der Waals surface area contributed by atoms with Crippen LogP contribution in [0.15, 0.2) is 0 Å². The van der Waals surface area contributed by atoms with Crippen molar-refractivity contribution in [2.45, 2.75) is 45.6 Å². The van der Waals surface area contributed by atoms with Crippen molar-refractivity contribution >= 4 is 5.91 Å². The summed E-state index contributed by atoms with van der Waals surface area (Å²) in [4.78, 5) is 20.0. The predicted octanol–water partition coefficient (Wildman–Crippen LogP) is 1.13. The largest absolute Gasteiger partial charge is 0.396 e. The zero-order valence-electron chi connectivity index (χ0n) is 17.1. The Balaban J connectivity index is 1.69. The summed E-state index contributed by atoms with van der Waals surface area (Å²) in [5, 5.41) is 16.6. The third-order valence-corrected chi connectivity index (χ3v) is 6.39. The van der Waals surface area contributed by atoms with E-state index in [-0.39, 0.29) is 12.5 Å². The van der Waals surface area contributed by atoms with E-state index in [1.54, 1.807) is 0 Å². The highest BCUT2D eigenvalue weighted by molar-refractivity contribution is 5.94. The number of carbonyl (C=O) groups excluding carboxylic acids is 1. The molecule has 0 spiro atoms. The Morgan fingerprint density at radius 3 is 2.63 bits per heavy atom. The lowest BCUT2D eigenvalue weighted by Crippen LogP contribution is -2.57. The standard InChI is InChI=1S/C20H35N5O2/c1-4-17-15(2)19(22-21-17)20(27)25-8-7-18(16(14-25)6-5-13-26)24-11-9-23(3)10-12-24/h16,18,26H,4-14H2,1-3H3,(H,21,22)/t16-,18+/m1/s1. The van der Waals surface area contributed by atoms with E-state index in [0.717, 1.165) is 76.2 Å². The van der Waals surface area contributed by atoms with Crippen molar-refractivity contribution in [2.24, 2.45) is 5.92 Å². The number of likely N-dealkylation sites (tertiary alicyclic amines) is 1. The normalized spacial score (nSPS) is 25.1. The maximum atomic E-state index is 13.1. The monoisotopic (exact) mass is 377 g/mol. The fourth-order valence-electron chi connectivity index (χ4n) is 4.61. The van der Waals surface area contributed by atoms with Gasteiger partial charge in [0.1, 0.15) is 0 Å². The van der Waals surface area contributed by atoms with Crippen molar-refractivity contribution in [1.82, 2.24) is 24.9 Å². The number of aromatic amines is 1. The van der Waals surface area contributed by atoms with E-state index < -0.39 is 0 Å². The van der Waals surface area contributed by atoms with Gasteiger partial charge < -0.3 is 14.9 Å². The number of nitrogens with zero attached hydrogens (tertiary/aromatic N) is 4. The number of H-pyrrole nitrogens is 1. The molecule has 2 saturated heterocycles. The average Bonchev–Trinajstić information content (AvgIpc) is 3.06. The lowest BCUT2D eigenvalue weighted by molar-refractivity contribution is 0.0215. The Labute approximate surface area is 162 Å². The van der Waals surface area contributed by atoms with Crippen LogP contribution in [0.3, 0.4) is 0 Å². The maximum absolute atomic E-state index is 13.1. The van der Waals surface area contributed by atoms with Gasteiger partial charge in [-0.25, -0.2) is 0 Å². The van der Waals surface area contributed by atoms with Gasteiger partial charge in [0.05, 0.1) is 0 Å². The first-order valence-electron chi connectivity index (χ1n) is 10.4. The molecule has 27 heavy (non-hydrogen) atoms. The lowest BCUT2D eigenvalue weighted by Gasteiger charge is -2.46. The number of hydrogen-bond acceptors (Lipinski definition) is 5. The van der Waals surface area contributed by atoms with Crippen LogP contribution >= 0.6 is 0 Å². The Morgan fingerprint density at radius 1 is 1.26 bits per heavy atom. The zero-order chi connectivity index (χ0) is 19.4. The number of nitrogens with one attached hydrogen (secondary N) is 1. The van der Waals surface area contributed by atoms with Gasteiger partial charge in [-0.15, -0.1) is 0 Å². The van der Waals surface area contributed by atoms with Crippen molar-refractivity contribution in [2.75, 3.05) is 52.9 Å². The molecule has 152 valence electrons. The Bertz CT molecular complexity index is 624. The molecular formula is C20H35N5O2. The van der Waals surface area contributed by atoms with Gasteiger partial charge >= 0.3 is 0 Å². The Hall–Kier alpha value is -1.44. The molecule has 0 unspecified atom stereocenters. The fraction of sp³-hybridized carbons (Fsp3) is 0.800. The first-order chi connectivity index (χ1) is 13.0. The fourth-order valence-corrected chi connectivity index (χ4v) is 4.61. The van der Waals surface area contributed by atoms with Gasteiger partial charge in [0, 0.05) is 63.2 Å². The predicted molar refractivity (Wildman–Crippen MR) is 106 cm³/mol. The third kappa shape index (κ3) is 4.52. The van der Waals surface area contributed by atoms with Gasteiger partial charge in [0.15, 0.2) is 5.69 Å². The molecule has 1 aromatic rings. The number of likely N-dealkylation sites (N-methyl/N-ethyl adjacent to an activating group) is 1. The molecule has 2 atom stereocenters. The molecule has 1 aromatic heterocycles. The van der Waals surface area contributed by atoms with Crippen molar-refractivity contribution in [3.8, 4) is 0 Å². The zero-order valence-corrected chi connectivity index (χ0v) is 17.1. The average molecular weight is 378 g/mol. The third-order valence-electron chi connectivity index (χ3n) is 6.39. The van der Waals surface area contributed by atoms with Crippen LogP contribution in [0.4, 0.5) is 0 Å². The van der Waals surface area contributed by atoms with Gasteiger partial charge in [-0.3, -0.25) is 14.8 Å². The molecule has 0 aromatic carbocycles. The molecular weight excluding hydrogens is 342 g/mol. The number of aliphatic hydroxyl groups excluding tert-OH is 1. The van der Waals surface area contributed by atoms with Crippen molar-refractivity contribution in [3.05, 3.63) is 17.0 Å². The van der Waals surface area contributed by atoms with E-state index in [0.29, 0.717) is 17.7 Å². The highest BCUT2D eigenvalue weighted by atomic mass is 16.3. The summed E-state index contributed by atoms with van der Waals surface area (Å²) in [5.41, 5.74) is 2.60. The summed E-state index contributed by atoms with van der Waals surface area (Å²) < 4.78 is 0. The molecule has 1 amide bonds. The van der Waals surface area contributed by atoms with E-state index in [1.165, 1.54) is 0 Å². The quantitative estimate of drug-likeness (QED) is 0.777. The van der Waals surface area contributed by atoms with Crippen molar-refractivity contribution in [3.63, 3.8) is 0 Å². The molecule has 7 heteroatoms. The van der Waals surface area contributed by atoms with Crippen molar-refractivity contribution < 1.29 is 9.90 Å². The topological polar surface area (TPSA) is 75.7 Å². The molecule has 0 bridgehead atoms. The van der Waals surface area contributed by atoms with Crippen LogP contribution in [0, 0.1) is 12.8 Å². The molecule has 2 fully saturated rings. The van der Waals surface area contributed by atoms with Crippen molar-refractivity contribution in [1.29, 1.82) is 0 Å². The number of rotatable bonds is 6. The van der Waals surface area contributed by atoms with E-state index >= 15 is 0 Å². The molecule has 2 N–H and O–H groups in total.